The van der Waals surface area contributed by atoms with Crippen molar-refractivity contribution >= 4 is 33.6 Å². The van der Waals surface area contributed by atoms with Crippen molar-refractivity contribution in [3.05, 3.63) is 34.3 Å². The van der Waals surface area contributed by atoms with Gasteiger partial charge in [0, 0.05) is 22.3 Å². The molecule has 0 bridgehead atoms. The number of carbonyl (C=O) groups is 1. The monoisotopic (exact) mass is 330 g/mol. The van der Waals surface area contributed by atoms with E-state index in [1.807, 2.05) is 38.1 Å². The molecule has 0 aliphatic heterocycles. The number of amides is 1. The summed E-state index contributed by atoms with van der Waals surface area (Å²) in [5, 5.41) is 2.93. The molecule has 0 aliphatic rings. The number of hydrogen-bond acceptors (Lipinski definition) is 3. The predicted octanol–water partition coefficient (Wildman–Crippen LogP) is 2.71. The summed E-state index contributed by atoms with van der Waals surface area (Å²) in [7, 11) is 0. The molecule has 0 radical (unpaired) electrons. The van der Waals surface area contributed by atoms with Crippen LogP contribution in [0.4, 0.5) is 0 Å². The second-order valence-electron chi connectivity index (χ2n) is 4.10. The molecule has 18 heavy (non-hydrogen) atoms. The summed E-state index contributed by atoms with van der Waals surface area (Å²) in [5.41, 5.74) is 7.16. The number of hydrogen-bond donors (Lipinski definition) is 2. The third-order valence-electron chi connectivity index (χ3n) is 2.44. The summed E-state index contributed by atoms with van der Waals surface area (Å²) >= 11 is 5.00. The van der Waals surface area contributed by atoms with Crippen molar-refractivity contribution in [2.24, 2.45) is 5.73 Å². The largest absolute Gasteiger partial charge is 0.356 e. The first-order valence-corrected chi connectivity index (χ1v) is 7.78. The summed E-state index contributed by atoms with van der Waals surface area (Å²) in [6, 6.07) is 8.09. The average Bonchev–Trinajstić information content (AvgIpc) is 2.31. The van der Waals surface area contributed by atoms with Crippen LogP contribution >= 0.6 is 27.7 Å². The van der Waals surface area contributed by atoms with Gasteiger partial charge in [-0.15, -0.1) is 11.8 Å². The topological polar surface area (TPSA) is 55.1 Å². The minimum Gasteiger partial charge on any atom is -0.356 e. The fraction of sp³-hybridized carbons (Fsp3) is 0.462. The molecule has 0 heterocycles. The number of rotatable bonds is 6. The molecule has 3 nitrogen and oxygen atoms in total. The standard InChI is InChI=1S/C13H19BrN2OS/c1-3-16-12(17)8-18-13(9(2)15)10-4-6-11(14)7-5-10/h4-7,9,13H,3,8,15H2,1-2H3,(H,16,17). The van der Waals surface area contributed by atoms with Crippen LogP contribution in [0.3, 0.4) is 0 Å². The fourth-order valence-corrected chi connectivity index (χ4v) is 2.97. The van der Waals surface area contributed by atoms with Gasteiger partial charge in [0.15, 0.2) is 0 Å². The van der Waals surface area contributed by atoms with E-state index in [1.165, 1.54) is 0 Å². The van der Waals surface area contributed by atoms with Gasteiger partial charge in [0.05, 0.1) is 5.75 Å². The summed E-state index contributed by atoms with van der Waals surface area (Å²) in [6.45, 7) is 4.55. The molecular weight excluding hydrogens is 312 g/mol. The zero-order chi connectivity index (χ0) is 13.5. The van der Waals surface area contributed by atoms with Crippen LogP contribution in [-0.2, 0) is 4.79 Å². The Morgan fingerprint density at radius 3 is 2.56 bits per heavy atom. The number of thioether (sulfide) groups is 1. The molecule has 100 valence electrons. The Hall–Kier alpha value is -0.520. The van der Waals surface area contributed by atoms with E-state index in [4.69, 9.17) is 5.73 Å². The van der Waals surface area contributed by atoms with E-state index in [-0.39, 0.29) is 17.2 Å². The molecule has 0 saturated carbocycles. The molecule has 1 aromatic carbocycles. The van der Waals surface area contributed by atoms with E-state index in [9.17, 15) is 4.79 Å². The van der Waals surface area contributed by atoms with E-state index >= 15 is 0 Å². The molecule has 0 fully saturated rings. The van der Waals surface area contributed by atoms with Gasteiger partial charge in [-0.2, -0.15) is 0 Å². The summed E-state index contributed by atoms with van der Waals surface area (Å²) in [4.78, 5) is 11.5. The third-order valence-corrected chi connectivity index (χ3v) is 4.46. The molecule has 5 heteroatoms. The van der Waals surface area contributed by atoms with Crippen LogP contribution < -0.4 is 11.1 Å². The second kappa shape index (κ2) is 7.81. The van der Waals surface area contributed by atoms with Gasteiger partial charge in [-0.25, -0.2) is 0 Å². The highest BCUT2D eigenvalue weighted by Crippen LogP contribution is 2.31. The van der Waals surface area contributed by atoms with Gasteiger partial charge in [0.1, 0.15) is 0 Å². The lowest BCUT2D eigenvalue weighted by atomic mass is 10.1. The summed E-state index contributed by atoms with van der Waals surface area (Å²) in [5.74, 6) is 0.501. The van der Waals surface area contributed by atoms with Gasteiger partial charge < -0.3 is 11.1 Å². The van der Waals surface area contributed by atoms with E-state index in [0.717, 1.165) is 10.0 Å². The quantitative estimate of drug-likeness (QED) is 0.843. The molecule has 0 saturated heterocycles. The highest BCUT2D eigenvalue weighted by Gasteiger charge is 2.18. The van der Waals surface area contributed by atoms with Gasteiger partial charge in [-0.3, -0.25) is 4.79 Å². The van der Waals surface area contributed by atoms with Crippen molar-refractivity contribution in [2.75, 3.05) is 12.3 Å². The number of halogens is 1. The van der Waals surface area contributed by atoms with Crippen LogP contribution in [0.5, 0.6) is 0 Å². The highest BCUT2D eigenvalue weighted by molar-refractivity contribution is 9.10. The average molecular weight is 331 g/mol. The van der Waals surface area contributed by atoms with Crippen molar-refractivity contribution < 1.29 is 4.79 Å². The minimum atomic E-state index is 0.00519. The lowest BCUT2D eigenvalue weighted by molar-refractivity contribution is -0.118. The zero-order valence-electron chi connectivity index (χ0n) is 10.7. The van der Waals surface area contributed by atoms with E-state index in [0.29, 0.717) is 12.3 Å². The minimum absolute atomic E-state index is 0.00519. The first-order valence-electron chi connectivity index (χ1n) is 5.94. The molecule has 1 aromatic rings. The molecule has 0 aromatic heterocycles. The number of benzene rings is 1. The van der Waals surface area contributed by atoms with Crippen molar-refractivity contribution in [1.29, 1.82) is 0 Å². The zero-order valence-corrected chi connectivity index (χ0v) is 13.1. The number of carbonyl (C=O) groups excluding carboxylic acids is 1. The molecule has 1 rings (SSSR count). The molecule has 2 unspecified atom stereocenters. The van der Waals surface area contributed by atoms with Gasteiger partial charge in [-0.1, -0.05) is 28.1 Å². The van der Waals surface area contributed by atoms with Crippen LogP contribution in [0.25, 0.3) is 0 Å². The van der Waals surface area contributed by atoms with Crippen LogP contribution in [0.2, 0.25) is 0 Å². The molecule has 3 N–H and O–H groups in total. The Balaban J connectivity index is 2.65. The Labute approximate surface area is 121 Å². The fourth-order valence-electron chi connectivity index (χ4n) is 1.62. The van der Waals surface area contributed by atoms with Gasteiger partial charge >= 0.3 is 0 Å². The normalized spacial score (nSPS) is 14.0. The number of nitrogens with one attached hydrogen (secondary N) is 1. The summed E-state index contributed by atoms with van der Waals surface area (Å²) < 4.78 is 1.04. The maximum atomic E-state index is 11.5. The maximum Gasteiger partial charge on any atom is 0.230 e. The van der Waals surface area contributed by atoms with E-state index in [2.05, 4.69) is 21.2 Å². The molecule has 2 atom stereocenters. The van der Waals surface area contributed by atoms with E-state index in [1.54, 1.807) is 11.8 Å². The lowest BCUT2D eigenvalue weighted by Crippen LogP contribution is -2.28. The molecule has 0 aliphatic carbocycles. The molecule has 0 spiro atoms. The predicted molar refractivity (Wildman–Crippen MR) is 81.7 cm³/mol. The first kappa shape index (κ1) is 15.5. The van der Waals surface area contributed by atoms with Crippen LogP contribution in [0.15, 0.2) is 28.7 Å². The molecular formula is C13H19BrN2OS. The first-order chi connectivity index (χ1) is 8.54. The Morgan fingerprint density at radius 2 is 2.06 bits per heavy atom. The van der Waals surface area contributed by atoms with Crippen LogP contribution in [0.1, 0.15) is 24.7 Å². The SMILES string of the molecule is CCNC(=O)CSC(c1ccc(Br)cc1)C(C)N. The second-order valence-corrected chi connectivity index (χ2v) is 6.14. The van der Waals surface area contributed by atoms with Crippen molar-refractivity contribution in [3.8, 4) is 0 Å². The summed E-state index contributed by atoms with van der Waals surface area (Å²) in [6.07, 6.45) is 0. The Bertz CT molecular complexity index is 381. The van der Waals surface area contributed by atoms with Crippen LogP contribution in [0, 0.1) is 0 Å². The number of nitrogens with two attached hydrogens (primary N) is 1. The van der Waals surface area contributed by atoms with E-state index < -0.39 is 0 Å². The van der Waals surface area contributed by atoms with Crippen molar-refractivity contribution in [1.82, 2.24) is 5.32 Å². The Kier molecular flexibility index (Phi) is 6.75. The van der Waals surface area contributed by atoms with Gasteiger partial charge in [-0.05, 0) is 31.5 Å². The smallest absolute Gasteiger partial charge is 0.230 e. The highest BCUT2D eigenvalue weighted by atomic mass is 79.9. The Morgan fingerprint density at radius 1 is 1.44 bits per heavy atom. The molecule has 1 amide bonds. The lowest BCUT2D eigenvalue weighted by Gasteiger charge is -2.20. The third kappa shape index (κ3) is 5.00. The van der Waals surface area contributed by atoms with Gasteiger partial charge in [0.25, 0.3) is 0 Å². The van der Waals surface area contributed by atoms with Crippen molar-refractivity contribution in [3.63, 3.8) is 0 Å². The van der Waals surface area contributed by atoms with Gasteiger partial charge in [0.2, 0.25) is 5.91 Å². The maximum absolute atomic E-state index is 11.5. The van der Waals surface area contributed by atoms with Crippen LogP contribution in [-0.4, -0.2) is 24.2 Å². The van der Waals surface area contributed by atoms with Crippen molar-refractivity contribution in [2.45, 2.75) is 25.1 Å².